The van der Waals surface area contributed by atoms with Crippen molar-refractivity contribution in [3.63, 3.8) is 0 Å². The number of hydrogen-bond acceptors (Lipinski definition) is 7. The first-order valence-corrected chi connectivity index (χ1v) is 10.5. The van der Waals surface area contributed by atoms with E-state index in [4.69, 9.17) is 11.6 Å². The third-order valence-electron chi connectivity index (χ3n) is 4.98. The molecule has 15 heteroatoms. The Morgan fingerprint density at radius 1 is 1.14 bits per heavy atom. The van der Waals surface area contributed by atoms with Crippen LogP contribution in [-0.4, -0.2) is 57.6 Å². The quantitative estimate of drug-likeness (QED) is 0.349. The van der Waals surface area contributed by atoms with Gasteiger partial charge in [-0.3, -0.25) is 14.3 Å². The van der Waals surface area contributed by atoms with Crippen LogP contribution in [0.3, 0.4) is 0 Å². The molecule has 0 radical (unpaired) electrons. The van der Waals surface area contributed by atoms with Gasteiger partial charge in [0.15, 0.2) is 23.8 Å². The molecule has 4 rings (SSSR count). The van der Waals surface area contributed by atoms with Crippen LogP contribution < -0.4 is 5.69 Å². The predicted octanol–water partition coefficient (Wildman–Crippen LogP) is 2.85. The van der Waals surface area contributed by atoms with Crippen molar-refractivity contribution in [2.45, 2.75) is 25.7 Å². The minimum atomic E-state index is -4.51. The van der Waals surface area contributed by atoms with Gasteiger partial charge in [0.2, 0.25) is 0 Å². The molecule has 3 heterocycles. The third-order valence-corrected chi connectivity index (χ3v) is 5.23. The number of rotatable bonds is 8. The van der Waals surface area contributed by atoms with Crippen molar-refractivity contribution in [2.24, 2.45) is 0 Å². The summed E-state index contributed by atoms with van der Waals surface area (Å²) in [5, 5.41) is 18.1. The number of alkyl halides is 3. The molecule has 1 aromatic carbocycles. The lowest BCUT2D eigenvalue weighted by molar-refractivity contribution is -0.136. The zero-order valence-electron chi connectivity index (χ0n) is 18.1. The Balaban J connectivity index is 1.75. The van der Waals surface area contributed by atoms with Gasteiger partial charge in [0.05, 0.1) is 18.2 Å². The summed E-state index contributed by atoms with van der Waals surface area (Å²) in [4.78, 5) is 43.9. The number of pyridine rings is 1. The van der Waals surface area contributed by atoms with E-state index < -0.39 is 37.3 Å². The molecule has 0 saturated heterocycles. The monoisotopic (exact) mass is 521 g/mol. The maximum absolute atomic E-state index is 13.0. The fourth-order valence-corrected chi connectivity index (χ4v) is 3.48. The van der Waals surface area contributed by atoms with Gasteiger partial charge >= 0.3 is 17.8 Å². The zero-order chi connectivity index (χ0) is 26.0. The molecule has 0 spiro atoms. The molecule has 36 heavy (non-hydrogen) atoms. The Morgan fingerprint density at radius 2 is 1.86 bits per heavy atom. The highest BCUT2D eigenvalue weighted by molar-refractivity contribution is 6.30. The van der Waals surface area contributed by atoms with E-state index in [0.717, 1.165) is 13.9 Å². The zero-order valence-corrected chi connectivity index (χ0v) is 18.8. The molecule has 0 fully saturated rings. The minimum Gasteiger partial charge on any atom is -0.478 e. The van der Waals surface area contributed by atoms with Crippen LogP contribution in [-0.2, 0) is 13.1 Å². The smallest absolute Gasteiger partial charge is 0.390 e. The number of carboxylic acid groups (broad SMARTS) is 1. The molecule has 0 aliphatic rings. The number of halogens is 4. The minimum absolute atomic E-state index is 0.0311. The number of benzene rings is 1. The second-order valence-electron chi connectivity index (χ2n) is 7.40. The summed E-state index contributed by atoms with van der Waals surface area (Å²) < 4.78 is 41.3. The Labute approximate surface area is 204 Å². The first-order chi connectivity index (χ1) is 17.1. The van der Waals surface area contributed by atoms with Crippen LogP contribution in [0.5, 0.6) is 0 Å². The molecule has 3 aromatic heterocycles. The summed E-state index contributed by atoms with van der Waals surface area (Å²) in [7, 11) is 0. The summed E-state index contributed by atoms with van der Waals surface area (Å²) in [5.74, 6) is -1.71. The number of aromatic carboxylic acids is 1. The average molecular weight is 522 g/mol. The largest absolute Gasteiger partial charge is 0.478 e. The van der Waals surface area contributed by atoms with E-state index in [1.807, 2.05) is 0 Å². The summed E-state index contributed by atoms with van der Waals surface area (Å²) in [5.41, 5.74) is -0.759. The van der Waals surface area contributed by atoms with Gasteiger partial charge in [-0.25, -0.2) is 23.9 Å². The van der Waals surface area contributed by atoms with Crippen LogP contribution in [0.4, 0.5) is 13.2 Å². The number of carboxylic acids is 1. The molecular weight excluding hydrogens is 507 g/mol. The molecule has 0 unspecified atom stereocenters. The van der Waals surface area contributed by atoms with Crippen molar-refractivity contribution in [1.82, 2.24) is 34.1 Å². The van der Waals surface area contributed by atoms with Gasteiger partial charge < -0.3 is 5.11 Å². The van der Waals surface area contributed by atoms with E-state index in [2.05, 4.69) is 20.2 Å². The van der Waals surface area contributed by atoms with Crippen molar-refractivity contribution in [2.75, 3.05) is 0 Å². The topological polar surface area (TPSA) is 138 Å². The van der Waals surface area contributed by atoms with Crippen molar-refractivity contribution in [3.8, 4) is 17.1 Å². The van der Waals surface area contributed by atoms with Gasteiger partial charge in [0.1, 0.15) is 12.2 Å². The predicted molar refractivity (Wildman–Crippen MR) is 118 cm³/mol. The Morgan fingerprint density at radius 3 is 2.50 bits per heavy atom. The van der Waals surface area contributed by atoms with E-state index in [-0.39, 0.29) is 28.7 Å². The van der Waals surface area contributed by atoms with Gasteiger partial charge in [-0.2, -0.15) is 13.2 Å². The summed E-state index contributed by atoms with van der Waals surface area (Å²) in [6.07, 6.45) is -3.02. The van der Waals surface area contributed by atoms with E-state index >= 15 is 0 Å². The molecule has 0 amide bonds. The van der Waals surface area contributed by atoms with Gasteiger partial charge in [-0.15, -0.1) is 10.2 Å². The van der Waals surface area contributed by atoms with Gasteiger partial charge in [-0.05, 0) is 30.3 Å². The molecule has 0 atom stereocenters. The highest BCUT2D eigenvalue weighted by atomic mass is 35.5. The first kappa shape index (κ1) is 24.8. The number of aldehydes is 1. The molecule has 11 nitrogen and oxygen atoms in total. The van der Waals surface area contributed by atoms with Crippen molar-refractivity contribution in [3.05, 3.63) is 75.4 Å². The fourth-order valence-electron chi connectivity index (χ4n) is 3.36. The summed E-state index contributed by atoms with van der Waals surface area (Å²) in [6.45, 7) is -1.09. The summed E-state index contributed by atoms with van der Waals surface area (Å²) >= 11 is 5.88. The highest BCUT2D eigenvalue weighted by Gasteiger charge is 2.29. The van der Waals surface area contributed by atoms with Crippen LogP contribution in [0.25, 0.3) is 17.1 Å². The van der Waals surface area contributed by atoms with Gasteiger partial charge in [-0.1, -0.05) is 11.6 Å². The first-order valence-electron chi connectivity index (χ1n) is 10.2. The van der Waals surface area contributed by atoms with Gasteiger partial charge in [0, 0.05) is 23.3 Å². The molecule has 0 aliphatic heterocycles. The lowest BCUT2D eigenvalue weighted by Crippen LogP contribution is -2.27. The Kier molecular flexibility index (Phi) is 6.70. The average Bonchev–Trinajstić information content (AvgIpc) is 3.38. The van der Waals surface area contributed by atoms with Crippen molar-refractivity contribution in [1.29, 1.82) is 0 Å². The van der Waals surface area contributed by atoms with Crippen LogP contribution >= 0.6 is 11.6 Å². The number of hydrogen-bond donors (Lipinski definition) is 1. The molecule has 1 N–H and O–H groups in total. The number of aromatic nitrogens is 7. The Bertz CT molecular complexity index is 1490. The number of nitrogens with zero attached hydrogens (tertiary/aromatic N) is 7. The van der Waals surface area contributed by atoms with Gasteiger partial charge in [0.25, 0.3) is 0 Å². The standard InChI is InChI=1S/C21H15ClF3N7O4/c22-13-3-1-12(2-4-13)18-29-31(20(36)30(18)8-6-21(23,24)25)10-16-27-17(11-33)32(28-16)15-9-26-7-5-14(15)19(34)35/h1-5,7,9,11H,6,8,10H2,(H,34,35). The maximum atomic E-state index is 13.0. The van der Waals surface area contributed by atoms with E-state index in [0.29, 0.717) is 16.9 Å². The maximum Gasteiger partial charge on any atom is 0.390 e. The SMILES string of the molecule is O=Cc1nc(Cn2nc(-c3ccc(Cl)cc3)n(CCC(F)(F)F)c2=O)nn1-c1cnccc1C(=O)O. The van der Waals surface area contributed by atoms with Crippen LogP contribution in [0, 0.1) is 0 Å². The molecule has 4 aromatic rings. The lowest BCUT2D eigenvalue weighted by atomic mass is 10.2. The normalized spacial score (nSPS) is 11.6. The number of carbonyl (C=O) groups excluding carboxylic acids is 1. The number of carbonyl (C=O) groups is 2. The third kappa shape index (κ3) is 5.17. The molecular formula is C21H15ClF3N7O4. The summed E-state index contributed by atoms with van der Waals surface area (Å²) in [6, 6.07) is 7.22. The van der Waals surface area contributed by atoms with E-state index in [1.165, 1.54) is 42.7 Å². The van der Waals surface area contributed by atoms with Crippen LogP contribution in [0.2, 0.25) is 5.02 Å². The van der Waals surface area contributed by atoms with E-state index in [9.17, 15) is 32.7 Å². The second-order valence-corrected chi connectivity index (χ2v) is 7.84. The second kappa shape index (κ2) is 9.73. The van der Waals surface area contributed by atoms with Crippen molar-refractivity contribution >= 4 is 23.9 Å². The molecule has 0 bridgehead atoms. The lowest BCUT2D eigenvalue weighted by Gasteiger charge is -2.08. The van der Waals surface area contributed by atoms with Crippen LogP contribution in [0.1, 0.15) is 33.2 Å². The van der Waals surface area contributed by atoms with Crippen molar-refractivity contribution < 1.29 is 27.9 Å². The molecule has 186 valence electrons. The molecule has 0 saturated carbocycles. The van der Waals surface area contributed by atoms with E-state index in [1.54, 1.807) is 0 Å². The van der Waals surface area contributed by atoms with Crippen LogP contribution in [0.15, 0.2) is 47.5 Å². The fraction of sp³-hybridized carbons (Fsp3) is 0.190. The molecule has 0 aliphatic carbocycles. The highest BCUT2D eigenvalue weighted by Crippen LogP contribution is 2.23. The Hall–Kier alpha value is -4.33.